The molecule has 0 aliphatic carbocycles. The number of hydrogen-bond acceptors (Lipinski definition) is 3. The van der Waals surface area contributed by atoms with Gasteiger partial charge in [0.25, 0.3) is 0 Å². The van der Waals surface area contributed by atoms with Gasteiger partial charge in [-0.1, -0.05) is 6.42 Å². The molecule has 0 N–H and O–H groups in total. The summed E-state index contributed by atoms with van der Waals surface area (Å²) in [4.78, 5) is 20.5. The van der Waals surface area contributed by atoms with Crippen LogP contribution >= 0.6 is 0 Å². The Kier molecular flexibility index (Phi) is 8.12. The van der Waals surface area contributed by atoms with E-state index in [2.05, 4.69) is 0 Å². The molecule has 0 saturated carbocycles. The summed E-state index contributed by atoms with van der Waals surface area (Å²) in [5, 5.41) is 8.31. The fraction of sp³-hybridized carbons (Fsp3) is 0.700. The number of nitrogens with zero attached hydrogens (tertiary/aromatic N) is 1. The molecule has 0 saturated heterocycles. The third-order valence-corrected chi connectivity index (χ3v) is 1.97. The molecule has 13 heavy (non-hydrogen) atoms. The van der Waals surface area contributed by atoms with Crippen molar-refractivity contribution in [3.63, 3.8) is 0 Å². The molecule has 0 radical (unpaired) electrons. The van der Waals surface area contributed by atoms with E-state index in [9.17, 15) is 9.59 Å². The Hall–Kier alpha value is -1.17. The van der Waals surface area contributed by atoms with Crippen LogP contribution in [0.2, 0.25) is 0 Å². The molecule has 0 spiro atoms. The average Bonchev–Trinajstić information content (AvgIpc) is 2.17. The highest BCUT2D eigenvalue weighted by Gasteiger charge is 2.05. The third kappa shape index (κ3) is 7.20. The highest BCUT2D eigenvalue weighted by molar-refractivity contribution is 5.53. The largest absolute Gasteiger partial charge is 0.303 e. The van der Waals surface area contributed by atoms with E-state index in [1.165, 1.54) is 0 Å². The lowest BCUT2D eigenvalue weighted by Crippen LogP contribution is -2.01. The lowest BCUT2D eigenvalue weighted by Gasteiger charge is -2.05. The summed E-state index contributed by atoms with van der Waals surface area (Å²) in [7, 11) is 0. The van der Waals surface area contributed by atoms with E-state index in [1.54, 1.807) is 0 Å². The van der Waals surface area contributed by atoms with Crippen LogP contribution in [-0.2, 0) is 9.59 Å². The first-order valence-electron chi connectivity index (χ1n) is 4.61. The van der Waals surface area contributed by atoms with Crippen molar-refractivity contribution in [2.75, 3.05) is 0 Å². The summed E-state index contributed by atoms with van der Waals surface area (Å²) >= 11 is 0. The first kappa shape index (κ1) is 11.8. The van der Waals surface area contributed by atoms with Gasteiger partial charge in [-0.3, -0.25) is 0 Å². The quantitative estimate of drug-likeness (QED) is 0.424. The maximum atomic E-state index is 10.5. The minimum Gasteiger partial charge on any atom is -0.303 e. The van der Waals surface area contributed by atoms with E-state index in [4.69, 9.17) is 5.26 Å². The van der Waals surface area contributed by atoms with Crippen LogP contribution in [0.25, 0.3) is 0 Å². The fourth-order valence-corrected chi connectivity index (χ4v) is 1.16. The number of carbonyl (C=O) groups excluding carboxylic acids is 2. The maximum absolute atomic E-state index is 10.5. The Labute approximate surface area is 78.7 Å². The summed E-state index contributed by atoms with van der Waals surface area (Å²) in [5.74, 6) is 0.00584. The molecule has 3 nitrogen and oxygen atoms in total. The molecule has 72 valence electrons. The minimum atomic E-state index is 0.00584. The van der Waals surface area contributed by atoms with Crippen LogP contribution in [0.5, 0.6) is 0 Å². The lowest BCUT2D eigenvalue weighted by atomic mass is 9.98. The minimum absolute atomic E-state index is 0.00584. The first-order chi connectivity index (χ1) is 6.35. The molecule has 0 aliphatic heterocycles. The summed E-state index contributed by atoms with van der Waals surface area (Å²) in [5.41, 5.74) is 0. The Morgan fingerprint density at radius 1 is 1.23 bits per heavy atom. The second kappa shape index (κ2) is 8.92. The Morgan fingerprint density at radius 2 is 2.00 bits per heavy atom. The number of rotatable bonds is 8. The van der Waals surface area contributed by atoms with Crippen molar-refractivity contribution in [3.8, 4) is 6.07 Å². The van der Waals surface area contributed by atoms with Crippen molar-refractivity contribution in [2.24, 2.45) is 5.92 Å². The standard InChI is InChI=1S/C10H15NO2/c11-7-4-6-10(9-13)5-2-1-3-8-12/h8-10H,1-6H2. The molecular formula is C10H15NO2. The van der Waals surface area contributed by atoms with Gasteiger partial charge in [0.1, 0.15) is 12.6 Å². The van der Waals surface area contributed by atoms with Crippen LogP contribution in [-0.4, -0.2) is 12.6 Å². The average molecular weight is 181 g/mol. The molecule has 0 fully saturated rings. The molecule has 0 aromatic heterocycles. The molecule has 1 unspecified atom stereocenters. The predicted molar refractivity (Wildman–Crippen MR) is 48.9 cm³/mol. The van der Waals surface area contributed by atoms with Crippen molar-refractivity contribution in [1.82, 2.24) is 0 Å². The van der Waals surface area contributed by atoms with Crippen LogP contribution < -0.4 is 0 Å². The van der Waals surface area contributed by atoms with Gasteiger partial charge < -0.3 is 9.59 Å². The van der Waals surface area contributed by atoms with E-state index >= 15 is 0 Å². The fourth-order valence-electron chi connectivity index (χ4n) is 1.16. The highest BCUT2D eigenvalue weighted by Crippen LogP contribution is 2.12. The zero-order valence-electron chi connectivity index (χ0n) is 7.74. The number of aldehydes is 2. The molecular weight excluding hydrogens is 166 g/mol. The van der Waals surface area contributed by atoms with Crippen molar-refractivity contribution in [2.45, 2.75) is 38.5 Å². The van der Waals surface area contributed by atoms with E-state index in [1.807, 2.05) is 6.07 Å². The van der Waals surface area contributed by atoms with Gasteiger partial charge in [0.05, 0.1) is 6.07 Å². The van der Waals surface area contributed by atoms with Crippen LogP contribution in [0.3, 0.4) is 0 Å². The van der Waals surface area contributed by atoms with Crippen molar-refractivity contribution in [1.29, 1.82) is 5.26 Å². The Morgan fingerprint density at radius 3 is 2.54 bits per heavy atom. The van der Waals surface area contributed by atoms with Gasteiger partial charge in [-0.05, 0) is 19.3 Å². The lowest BCUT2D eigenvalue weighted by molar-refractivity contribution is -0.111. The van der Waals surface area contributed by atoms with Crippen molar-refractivity contribution >= 4 is 12.6 Å². The zero-order valence-corrected chi connectivity index (χ0v) is 7.74. The smallest absolute Gasteiger partial charge is 0.123 e. The molecule has 0 rings (SSSR count). The van der Waals surface area contributed by atoms with Gasteiger partial charge in [-0.2, -0.15) is 5.26 Å². The van der Waals surface area contributed by atoms with E-state index < -0.39 is 0 Å². The first-order valence-corrected chi connectivity index (χ1v) is 4.61. The van der Waals surface area contributed by atoms with Crippen molar-refractivity contribution in [3.05, 3.63) is 0 Å². The van der Waals surface area contributed by atoms with Crippen LogP contribution in [0.15, 0.2) is 0 Å². The molecule has 0 bridgehead atoms. The predicted octanol–water partition coefficient (Wildman–Crippen LogP) is 1.86. The van der Waals surface area contributed by atoms with Gasteiger partial charge in [0.2, 0.25) is 0 Å². The summed E-state index contributed by atoms with van der Waals surface area (Å²) in [6, 6.07) is 2.02. The molecule has 0 heterocycles. The van der Waals surface area contributed by atoms with E-state index in [0.29, 0.717) is 19.3 Å². The number of hydrogen-bond donors (Lipinski definition) is 0. The SMILES string of the molecule is N#CCCC(C=O)CCCCC=O. The molecule has 1 atom stereocenters. The van der Waals surface area contributed by atoms with Gasteiger partial charge >= 0.3 is 0 Å². The van der Waals surface area contributed by atoms with Gasteiger partial charge in [0.15, 0.2) is 0 Å². The third-order valence-electron chi connectivity index (χ3n) is 1.97. The van der Waals surface area contributed by atoms with Gasteiger partial charge in [0, 0.05) is 18.8 Å². The summed E-state index contributed by atoms with van der Waals surface area (Å²) in [6.45, 7) is 0. The molecule has 0 amide bonds. The normalized spacial score (nSPS) is 11.6. The molecule has 3 heteroatoms. The van der Waals surface area contributed by atoms with Crippen LogP contribution in [0.4, 0.5) is 0 Å². The Balaban J connectivity index is 3.42. The van der Waals surface area contributed by atoms with Crippen LogP contribution in [0, 0.1) is 17.2 Å². The second-order valence-corrected chi connectivity index (χ2v) is 3.04. The monoisotopic (exact) mass is 181 g/mol. The van der Waals surface area contributed by atoms with Crippen LogP contribution in [0.1, 0.15) is 38.5 Å². The topological polar surface area (TPSA) is 57.9 Å². The number of nitriles is 1. The van der Waals surface area contributed by atoms with Crippen molar-refractivity contribution < 1.29 is 9.59 Å². The van der Waals surface area contributed by atoms with E-state index in [0.717, 1.165) is 31.8 Å². The highest BCUT2D eigenvalue weighted by atomic mass is 16.1. The van der Waals surface area contributed by atoms with E-state index in [-0.39, 0.29) is 5.92 Å². The molecule has 0 aliphatic rings. The summed E-state index contributed by atoms with van der Waals surface area (Å²) in [6.07, 6.45) is 6.03. The molecule has 0 aromatic rings. The second-order valence-electron chi connectivity index (χ2n) is 3.04. The van der Waals surface area contributed by atoms with Gasteiger partial charge in [-0.25, -0.2) is 0 Å². The summed E-state index contributed by atoms with van der Waals surface area (Å²) < 4.78 is 0. The zero-order chi connectivity index (χ0) is 9.94. The van der Waals surface area contributed by atoms with Gasteiger partial charge in [-0.15, -0.1) is 0 Å². The number of unbranched alkanes of at least 4 members (excludes halogenated alkanes) is 2. The Bertz CT molecular complexity index is 184. The molecule has 0 aromatic carbocycles. The number of carbonyl (C=O) groups is 2. The maximum Gasteiger partial charge on any atom is 0.123 e.